The van der Waals surface area contributed by atoms with Crippen molar-refractivity contribution in [2.24, 2.45) is 0 Å². The van der Waals surface area contributed by atoms with E-state index in [0.29, 0.717) is 5.56 Å². The lowest BCUT2D eigenvalue weighted by atomic mass is 10.1. The maximum Gasteiger partial charge on any atom is 0.318 e. The van der Waals surface area contributed by atoms with Crippen molar-refractivity contribution < 1.29 is 20.3 Å². The molecule has 0 aliphatic heterocycles. The van der Waals surface area contributed by atoms with E-state index in [9.17, 15) is 10.0 Å². The van der Waals surface area contributed by atoms with Crippen LogP contribution < -0.4 is 5.23 Å². The number of para-hydroxylation sites is 1. The summed E-state index contributed by atoms with van der Waals surface area (Å²) in [6, 6.07) is 6.28. The molecule has 3 N–H and O–H groups in total. The van der Waals surface area contributed by atoms with E-state index < -0.39 is 20.9 Å². The molecule has 16 heavy (non-hydrogen) atoms. The summed E-state index contributed by atoms with van der Waals surface area (Å²) in [6.07, 6.45) is 0. The van der Waals surface area contributed by atoms with Crippen molar-refractivity contribution in [1.82, 2.24) is 0 Å². The SMILES string of the molecule is O=C(O)C(Br)C(Br)c1ccccc1[NH+]([O-])O. The Morgan fingerprint density at radius 1 is 1.38 bits per heavy atom. The number of nitrogens with one attached hydrogen (secondary N) is 1. The molecule has 1 rings (SSSR count). The molecule has 88 valence electrons. The highest BCUT2D eigenvalue weighted by atomic mass is 79.9. The van der Waals surface area contributed by atoms with Crippen molar-refractivity contribution in [1.29, 1.82) is 0 Å². The average Bonchev–Trinajstić information content (AvgIpc) is 2.26. The summed E-state index contributed by atoms with van der Waals surface area (Å²) in [4.78, 5) is 9.29. The predicted molar refractivity (Wildman–Crippen MR) is 64.2 cm³/mol. The summed E-state index contributed by atoms with van der Waals surface area (Å²) in [7, 11) is 0. The van der Waals surface area contributed by atoms with Crippen LogP contribution in [0.2, 0.25) is 0 Å². The minimum absolute atomic E-state index is 0.0927. The molecule has 0 radical (unpaired) electrons. The van der Waals surface area contributed by atoms with Crippen LogP contribution in [0.5, 0.6) is 0 Å². The van der Waals surface area contributed by atoms with Gasteiger partial charge in [-0.1, -0.05) is 50.1 Å². The fourth-order valence-corrected chi connectivity index (χ4v) is 2.13. The van der Waals surface area contributed by atoms with Crippen molar-refractivity contribution >= 4 is 43.5 Å². The number of alkyl halides is 2. The fraction of sp³-hybridized carbons (Fsp3) is 0.222. The second-order valence-electron chi connectivity index (χ2n) is 3.03. The molecule has 0 bridgehead atoms. The number of benzene rings is 1. The molecule has 5 nitrogen and oxygen atoms in total. The highest BCUT2D eigenvalue weighted by Crippen LogP contribution is 2.34. The zero-order valence-corrected chi connectivity index (χ0v) is 11.1. The van der Waals surface area contributed by atoms with Crippen molar-refractivity contribution in [2.45, 2.75) is 9.65 Å². The van der Waals surface area contributed by atoms with Gasteiger partial charge >= 0.3 is 5.97 Å². The van der Waals surface area contributed by atoms with Gasteiger partial charge in [0.05, 0.1) is 4.83 Å². The monoisotopic (exact) mass is 353 g/mol. The van der Waals surface area contributed by atoms with Gasteiger partial charge in [-0.15, -0.1) is 0 Å². The number of hydrogen-bond donors (Lipinski definition) is 3. The molecule has 0 aliphatic carbocycles. The van der Waals surface area contributed by atoms with Crippen molar-refractivity contribution in [3.63, 3.8) is 0 Å². The molecule has 1 aromatic rings. The molecular formula is C9H9Br2NO4. The van der Waals surface area contributed by atoms with E-state index >= 15 is 0 Å². The summed E-state index contributed by atoms with van der Waals surface area (Å²) in [5, 5.41) is 27.6. The van der Waals surface area contributed by atoms with E-state index in [2.05, 4.69) is 31.9 Å². The lowest BCUT2D eigenvalue weighted by Crippen LogP contribution is -2.99. The summed E-state index contributed by atoms with van der Waals surface area (Å²) in [5.41, 5.74) is 0.523. The van der Waals surface area contributed by atoms with Crippen LogP contribution in [-0.2, 0) is 4.79 Å². The Labute approximate surface area is 108 Å². The van der Waals surface area contributed by atoms with E-state index in [-0.39, 0.29) is 5.69 Å². The smallest absolute Gasteiger partial charge is 0.318 e. The van der Waals surface area contributed by atoms with Gasteiger partial charge in [-0.25, -0.2) is 5.21 Å². The van der Waals surface area contributed by atoms with Crippen LogP contribution in [-0.4, -0.2) is 21.1 Å². The number of carbonyl (C=O) groups is 1. The first-order valence-electron chi connectivity index (χ1n) is 4.28. The second kappa shape index (κ2) is 5.74. The highest BCUT2D eigenvalue weighted by Gasteiger charge is 2.28. The Bertz CT molecular complexity index is 386. The molecule has 0 saturated heterocycles. The number of quaternary nitrogens is 1. The quantitative estimate of drug-likeness (QED) is 0.563. The van der Waals surface area contributed by atoms with Crippen LogP contribution in [0.4, 0.5) is 5.69 Å². The van der Waals surface area contributed by atoms with Gasteiger partial charge in [0.15, 0.2) is 5.69 Å². The largest absolute Gasteiger partial charge is 0.595 e. The molecule has 3 unspecified atom stereocenters. The Morgan fingerprint density at radius 3 is 2.44 bits per heavy atom. The molecule has 3 atom stereocenters. The van der Waals surface area contributed by atoms with Gasteiger partial charge in [0, 0.05) is 11.6 Å². The van der Waals surface area contributed by atoms with Crippen LogP contribution in [0.3, 0.4) is 0 Å². The number of rotatable bonds is 4. The van der Waals surface area contributed by atoms with E-state index in [4.69, 9.17) is 10.3 Å². The summed E-state index contributed by atoms with van der Waals surface area (Å²) in [5.74, 6) is -1.05. The standard InChI is InChI=1S/C9H9Br2NO4/c10-7(8(11)9(13)14)5-3-1-2-4-6(5)12(15)16/h1-4,7-8,12,15H,(H,13,14). The first kappa shape index (κ1) is 13.6. The molecule has 7 heteroatoms. The molecule has 1 aromatic carbocycles. The molecule has 0 amide bonds. The number of halogens is 2. The zero-order valence-electron chi connectivity index (χ0n) is 7.93. The van der Waals surface area contributed by atoms with Gasteiger partial charge in [0.25, 0.3) is 0 Å². The Balaban J connectivity index is 3.07. The third-order valence-electron chi connectivity index (χ3n) is 1.98. The lowest BCUT2D eigenvalue weighted by molar-refractivity contribution is -0.991. The topological polar surface area (TPSA) is 85.0 Å². The number of carboxylic acids is 1. The predicted octanol–water partition coefficient (Wildman–Crippen LogP) is 1.37. The lowest BCUT2D eigenvalue weighted by Gasteiger charge is -2.19. The van der Waals surface area contributed by atoms with Gasteiger partial charge < -0.3 is 10.3 Å². The Morgan fingerprint density at radius 2 is 1.94 bits per heavy atom. The minimum atomic E-state index is -1.08. The van der Waals surface area contributed by atoms with Crippen LogP contribution in [0.25, 0.3) is 0 Å². The minimum Gasteiger partial charge on any atom is -0.595 e. The van der Waals surface area contributed by atoms with Crippen LogP contribution in [0.15, 0.2) is 24.3 Å². The van der Waals surface area contributed by atoms with Crippen molar-refractivity contribution in [3.05, 3.63) is 35.0 Å². The average molecular weight is 355 g/mol. The van der Waals surface area contributed by atoms with E-state index in [1.54, 1.807) is 18.2 Å². The third kappa shape index (κ3) is 3.02. The van der Waals surface area contributed by atoms with Gasteiger partial charge in [-0.3, -0.25) is 4.79 Å². The summed E-state index contributed by atoms with van der Waals surface area (Å²) in [6.45, 7) is 0. The number of hydrogen-bond acceptors (Lipinski definition) is 3. The van der Waals surface area contributed by atoms with Gasteiger partial charge in [0.2, 0.25) is 0 Å². The molecule has 0 heterocycles. The van der Waals surface area contributed by atoms with Gasteiger partial charge in [0.1, 0.15) is 4.83 Å². The fourth-order valence-electron chi connectivity index (χ4n) is 1.22. The zero-order chi connectivity index (χ0) is 12.3. The molecule has 0 fully saturated rings. The molecular weight excluding hydrogens is 346 g/mol. The number of carboxylic acid groups (broad SMARTS) is 1. The van der Waals surface area contributed by atoms with E-state index in [1.165, 1.54) is 6.07 Å². The first-order valence-corrected chi connectivity index (χ1v) is 6.11. The first-order chi connectivity index (χ1) is 7.45. The van der Waals surface area contributed by atoms with Crippen LogP contribution >= 0.6 is 31.9 Å². The maximum atomic E-state index is 10.9. The van der Waals surface area contributed by atoms with Gasteiger partial charge in [-0.2, -0.15) is 5.23 Å². The van der Waals surface area contributed by atoms with Crippen molar-refractivity contribution in [3.8, 4) is 0 Å². The Kier molecular flexibility index (Phi) is 4.88. The third-order valence-corrected chi connectivity index (χ3v) is 4.63. The van der Waals surface area contributed by atoms with Crippen LogP contribution in [0, 0.1) is 5.21 Å². The van der Waals surface area contributed by atoms with Crippen molar-refractivity contribution in [2.75, 3.05) is 0 Å². The van der Waals surface area contributed by atoms with E-state index in [1.807, 2.05) is 0 Å². The van der Waals surface area contributed by atoms with Crippen LogP contribution in [0.1, 0.15) is 10.4 Å². The molecule has 0 saturated carbocycles. The Hall–Kier alpha value is -0.470. The number of aliphatic carboxylic acids is 1. The normalized spacial score (nSPS) is 16.5. The summed E-state index contributed by atoms with van der Waals surface area (Å²) < 4.78 is 0. The highest BCUT2D eigenvalue weighted by molar-refractivity contribution is 9.12. The molecule has 0 spiro atoms. The molecule has 0 aliphatic rings. The second-order valence-corrected chi connectivity index (χ2v) is 5.01. The molecule has 0 aromatic heterocycles. The van der Waals surface area contributed by atoms with Gasteiger partial charge in [-0.05, 0) is 0 Å². The van der Waals surface area contributed by atoms with E-state index in [0.717, 1.165) is 0 Å². The maximum absolute atomic E-state index is 10.9. The summed E-state index contributed by atoms with van der Waals surface area (Å²) >= 11 is 6.17.